The van der Waals surface area contributed by atoms with Gasteiger partial charge in [0.05, 0.1) is 39.1 Å². The Morgan fingerprint density at radius 3 is 1.22 bits per heavy atom. The maximum absolute atomic E-state index is 12.8. The quantitative estimate of drug-likeness (QED) is 0.0773. The molecule has 8 heteroatoms. The number of ether oxygens (including phenoxy) is 3. The molecule has 0 aromatic carbocycles. The Morgan fingerprint density at radius 2 is 0.857 bits per heavy atom. The predicted molar refractivity (Wildman–Crippen MR) is 203 cm³/mol. The minimum Gasteiger partial charge on any atom is -0.465 e. The minimum atomic E-state index is -0.212. The fraction of sp³-hybridized carbons (Fsp3) is 0.927. The normalized spacial score (nSPS) is 14.6. The Morgan fingerprint density at radius 1 is 0.490 bits per heavy atom. The summed E-state index contributed by atoms with van der Waals surface area (Å²) < 4.78 is 17.1. The highest BCUT2D eigenvalue weighted by atomic mass is 16.5. The van der Waals surface area contributed by atoms with Crippen LogP contribution in [0.2, 0.25) is 0 Å². The number of carbonyl (C=O) groups excluding carboxylic acids is 3. The molecule has 0 amide bonds. The van der Waals surface area contributed by atoms with Crippen LogP contribution in [0.3, 0.4) is 0 Å². The average Bonchev–Trinajstić information content (AvgIpc) is 2.90. The molecule has 1 atom stereocenters. The van der Waals surface area contributed by atoms with Crippen LogP contribution < -0.4 is 0 Å². The Labute approximate surface area is 303 Å². The highest BCUT2D eigenvalue weighted by molar-refractivity contribution is 5.70. The van der Waals surface area contributed by atoms with Crippen LogP contribution in [-0.4, -0.2) is 87.3 Å². The van der Waals surface area contributed by atoms with Gasteiger partial charge in [-0.3, -0.25) is 14.4 Å². The summed E-state index contributed by atoms with van der Waals surface area (Å²) in [7, 11) is 2.01. The Bertz CT molecular complexity index is 937. The van der Waals surface area contributed by atoms with Crippen molar-refractivity contribution in [1.29, 1.82) is 0 Å². The summed E-state index contributed by atoms with van der Waals surface area (Å²) in [6, 6.07) is 0. The van der Waals surface area contributed by atoms with Crippen molar-refractivity contribution in [3.05, 3.63) is 0 Å². The van der Waals surface area contributed by atoms with Gasteiger partial charge in [0.25, 0.3) is 0 Å². The van der Waals surface area contributed by atoms with Crippen LogP contribution in [0.15, 0.2) is 0 Å². The molecule has 0 saturated heterocycles. The summed E-state index contributed by atoms with van der Waals surface area (Å²) in [4.78, 5) is 42.4. The summed E-state index contributed by atoms with van der Waals surface area (Å²) in [6.07, 6.45) is 5.60. The van der Waals surface area contributed by atoms with E-state index in [0.29, 0.717) is 45.9 Å². The summed E-state index contributed by atoms with van der Waals surface area (Å²) in [5.41, 5.74) is 0.262. The third kappa shape index (κ3) is 26.8. The van der Waals surface area contributed by atoms with E-state index < -0.39 is 0 Å². The van der Waals surface area contributed by atoms with Crippen LogP contribution in [0.25, 0.3) is 0 Å². The van der Waals surface area contributed by atoms with Crippen molar-refractivity contribution in [1.82, 2.24) is 9.80 Å². The van der Waals surface area contributed by atoms with E-state index in [0.717, 1.165) is 45.2 Å². The second-order valence-corrected chi connectivity index (χ2v) is 20.4. The van der Waals surface area contributed by atoms with Crippen molar-refractivity contribution >= 4 is 17.9 Å². The van der Waals surface area contributed by atoms with Gasteiger partial charge in [-0.05, 0) is 79.3 Å². The largest absolute Gasteiger partial charge is 0.465 e. The molecule has 0 saturated carbocycles. The second kappa shape index (κ2) is 20.4. The van der Waals surface area contributed by atoms with Crippen molar-refractivity contribution in [2.45, 2.75) is 155 Å². The third-order valence-electron chi connectivity index (χ3n) is 8.63. The highest BCUT2D eigenvalue weighted by Gasteiger charge is 2.31. The Hall–Kier alpha value is -1.67. The summed E-state index contributed by atoms with van der Waals surface area (Å²) in [5, 5.41) is 0. The van der Waals surface area contributed by atoms with Gasteiger partial charge in [0.15, 0.2) is 0 Å². The molecule has 0 rings (SSSR count). The molecule has 0 heterocycles. The second-order valence-electron chi connectivity index (χ2n) is 20.4. The molecule has 0 aliphatic heterocycles. The SMILES string of the molecule is CCC(C)(COC(=O)CCN(C)CCCN(CCC(=O)OCC(C)(C)CC(C)(C)C)CCC(=O)OCC(C)(C)CC(C)(C)C)CC(C)(C)C. The number of carbonyl (C=O) groups is 3. The van der Waals surface area contributed by atoms with Crippen LogP contribution >= 0.6 is 0 Å². The van der Waals surface area contributed by atoms with Gasteiger partial charge in [-0.1, -0.05) is 104 Å². The van der Waals surface area contributed by atoms with Crippen LogP contribution in [0.1, 0.15) is 155 Å². The van der Waals surface area contributed by atoms with Crippen LogP contribution in [0.5, 0.6) is 0 Å². The first-order valence-corrected chi connectivity index (χ1v) is 18.9. The lowest BCUT2D eigenvalue weighted by molar-refractivity contribution is -0.149. The van der Waals surface area contributed by atoms with Crippen molar-refractivity contribution < 1.29 is 28.6 Å². The van der Waals surface area contributed by atoms with Crippen molar-refractivity contribution in [3.8, 4) is 0 Å². The zero-order valence-electron chi connectivity index (χ0n) is 35.2. The molecule has 0 N–H and O–H groups in total. The maximum Gasteiger partial charge on any atom is 0.307 e. The fourth-order valence-corrected chi connectivity index (χ4v) is 7.35. The van der Waals surface area contributed by atoms with E-state index in [1.807, 2.05) is 7.05 Å². The first kappa shape index (κ1) is 47.3. The monoisotopic (exact) mass is 697 g/mol. The molecule has 1 unspecified atom stereocenters. The Kier molecular flexibility index (Phi) is 19.7. The summed E-state index contributed by atoms with van der Waals surface area (Å²) in [5.74, 6) is -0.581. The van der Waals surface area contributed by atoms with Crippen molar-refractivity contribution in [3.63, 3.8) is 0 Å². The van der Waals surface area contributed by atoms with E-state index >= 15 is 0 Å². The zero-order chi connectivity index (χ0) is 38.3. The first-order valence-electron chi connectivity index (χ1n) is 18.9. The molecular formula is C41H80N2O6. The number of hydrogen-bond donors (Lipinski definition) is 0. The molecule has 0 fully saturated rings. The van der Waals surface area contributed by atoms with Crippen LogP contribution in [0, 0.1) is 32.5 Å². The van der Waals surface area contributed by atoms with Gasteiger partial charge in [-0.2, -0.15) is 0 Å². The lowest BCUT2D eigenvalue weighted by Crippen LogP contribution is -2.34. The van der Waals surface area contributed by atoms with E-state index in [2.05, 4.69) is 114 Å². The van der Waals surface area contributed by atoms with Gasteiger partial charge in [-0.25, -0.2) is 0 Å². The molecule has 49 heavy (non-hydrogen) atoms. The molecule has 0 aromatic rings. The molecule has 0 bridgehead atoms. The van der Waals surface area contributed by atoms with Crippen LogP contribution in [-0.2, 0) is 28.6 Å². The molecule has 0 radical (unpaired) electrons. The topological polar surface area (TPSA) is 85.4 Å². The number of esters is 3. The maximum atomic E-state index is 12.8. The minimum absolute atomic E-state index is 0.0205. The molecule has 290 valence electrons. The van der Waals surface area contributed by atoms with E-state index in [4.69, 9.17) is 14.2 Å². The Balaban J connectivity index is 5.04. The average molecular weight is 697 g/mol. The number of hydrogen-bond acceptors (Lipinski definition) is 8. The van der Waals surface area contributed by atoms with Gasteiger partial charge in [0.2, 0.25) is 0 Å². The van der Waals surface area contributed by atoms with E-state index in [1.54, 1.807) is 0 Å². The molecule has 8 nitrogen and oxygen atoms in total. The fourth-order valence-electron chi connectivity index (χ4n) is 7.35. The van der Waals surface area contributed by atoms with Gasteiger partial charge < -0.3 is 24.0 Å². The smallest absolute Gasteiger partial charge is 0.307 e. The van der Waals surface area contributed by atoms with Crippen molar-refractivity contribution in [2.75, 3.05) is 59.6 Å². The third-order valence-corrected chi connectivity index (χ3v) is 8.63. The predicted octanol–water partition coefficient (Wildman–Crippen LogP) is 9.19. The van der Waals surface area contributed by atoms with Gasteiger partial charge in [0, 0.05) is 25.0 Å². The molecular weight excluding hydrogens is 616 g/mol. The number of nitrogens with zero attached hydrogens (tertiary/aromatic N) is 2. The van der Waals surface area contributed by atoms with E-state index in [1.165, 1.54) is 0 Å². The molecule has 0 aromatic heterocycles. The van der Waals surface area contributed by atoms with Gasteiger partial charge in [-0.15, -0.1) is 0 Å². The summed E-state index contributed by atoms with van der Waals surface area (Å²) in [6.45, 7) is 37.2. The highest BCUT2D eigenvalue weighted by Crippen LogP contribution is 2.37. The van der Waals surface area contributed by atoms with Gasteiger partial charge >= 0.3 is 17.9 Å². The zero-order valence-corrected chi connectivity index (χ0v) is 35.2. The van der Waals surface area contributed by atoms with E-state index in [9.17, 15) is 14.4 Å². The van der Waals surface area contributed by atoms with E-state index in [-0.39, 0.29) is 63.2 Å². The standard InChI is InChI=1S/C41H80N2O6/c1-17-41(15,29-38(8,9)10)32-49-33(44)19-24-42(16)22-18-23-43(25-20-34(45)47-30-39(11,12)27-36(2,3)4)26-21-35(46)48-31-40(13,14)28-37(5,6)7/h17-32H2,1-16H3. The number of rotatable bonds is 23. The molecule has 0 aliphatic carbocycles. The van der Waals surface area contributed by atoms with Gasteiger partial charge in [0.1, 0.15) is 0 Å². The lowest BCUT2D eigenvalue weighted by Gasteiger charge is -2.34. The van der Waals surface area contributed by atoms with Crippen LogP contribution in [0.4, 0.5) is 0 Å². The summed E-state index contributed by atoms with van der Waals surface area (Å²) >= 11 is 0. The first-order chi connectivity index (χ1) is 22.0. The lowest BCUT2D eigenvalue weighted by atomic mass is 9.74. The molecule has 0 spiro atoms. The van der Waals surface area contributed by atoms with Crippen molar-refractivity contribution in [2.24, 2.45) is 32.5 Å². The molecule has 0 aliphatic rings.